The minimum absolute atomic E-state index is 0.874. The van der Waals surface area contributed by atoms with E-state index in [1.54, 1.807) is 0 Å². The second-order valence-corrected chi connectivity index (χ2v) is 12.6. The average molecular weight is 627 g/mol. The molecule has 0 atom stereocenters. The van der Waals surface area contributed by atoms with Crippen molar-refractivity contribution in [2.24, 2.45) is 0 Å². The van der Waals surface area contributed by atoms with Crippen molar-refractivity contribution in [2.45, 2.75) is 0 Å². The third kappa shape index (κ3) is 4.37. The monoisotopic (exact) mass is 626 g/mol. The number of para-hydroxylation sites is 3. The van der Waals surface area contributed by atoms with Gasteiger partial charge in [-0.2, -0.15) is 0 Å². The summed E-state index contributed by atoms with van der Waals surface area (Å²) in [6.45, 7) is 0. The summed E-state index contributed by atoms with van der Waals surface area (Å²) in [6, 6.07) is 64.9. The van der Waals surface area contributed by atoms with E-state index in [0.29, 0.717) is 0 Å². The number of nitrogens with zero attached hydrogens (tertiary/aromatic N) is 2. The fourth-order valence-electron chi connectivity index (χ4n) is 7.52. The summed E-state index contributed by atoms with van der Waals surface area (Å²) >= 11 is 0. The van der Waals surface area contributed by atoms with Gasteiger partial charge in [-0.25, -0.2) is 0 Å². The highest BCUT2D eigenvalue weighted by Gasteiger charge is 2.24. The van der Waals surface area contributed by atoms with Gasteiger partial charge in [0.05, 0.1) is 16.7 Å². The molecule has 0 fully saturated rings. The Morgan fingerprint density at radius 1 is 0.408 bits per heavy atom. The maximum absolute atomic E-state index is 6.78. The number of anilines is 3. The van der Waals surface area contributed by atoms with Crippen molar-refractivity contribution < 1.29 is 4.42 Å². The van der Waals surface area contributed by atoms with Gasteiger partial charge >= 0.3 is 0 Å². The van der Waals surface area contributed by atoms with Crippen molar-refractivity contribution in [3.8, 4) is 16.8 Å². The number of furan rings is 1. The Kier molecular flexibility index (Phi) is 6.18. The van der Waals surface area contributed by atoms with Crippen LogP contribution in [0, 0.1) is 0 Å². The van der Waals surface area contributed by atoms with Crippen LogP contribution in [0.15, 0.2) is 186 Å². The van der Waals surface area contributed by atoms with Crippen molar-refractivity contribution in [3.63, 3.8) is 0 Å². The Balaban J connectivity index is 1.28. The second kappa shape index (κ2) is 11.0. The molecule has 0 unspecified atom stereocenters. The minimum atomic E-state index is 0.874. The van der Waals surface area contributed by atoms with Crippen LogP contribution in [0.2, 0.25) is 0 Å². The average Bonchev–Trinajstić information content (AvgIpc) is 3.71. The van der Waals surface area contributed by atoms with E-state index in [9.17, 15) is 0 Å². The molecule has 0 saturated heterocycles. The van der Waals surface area contributed by atoms with Crippen LogP contribution in [0.1, 0.15) is 0 Å². The number of rotatable bonds is 5. The molecular weight excluding hydrogens is 597 g/mol. The van der Waals surface area contributed by atoms with E-state index in [4.69, 9.17) is 4.42 Å². The molecule has 3 nitrogen and oxygen atoms in total. The van der Waals surface area contributed by atoms with E-state index < -0.39 is 0 Å². The first-order valence-corrected chi connectivity index (χ1v) is 16.7. The quantitative estimate of drug-likeness (QED) is 0.190. The lowest BCUT2D eigenvalue weighted by atomic mass is 10.0. The lowest BCUT2D eigenvalue weighted by molar-refractivity contribution is 0.669. The lowest BCUT2D eigenvalue weighted by Gasteiger charge is -2.27. The summed E-state index contributed by atoms with van der Waals surface area (Å²) in [5, 5.41) is 6.94. The molecule has 0 spiro atoms. The molecule has 0 aliphatic rings. The Labute approximate surface area is 283 Å². The maximum Gasteiger partial charge on any atom is 0.160 e. The fourth-order valence-corrected chi connectivity index (χ4v) is 7.52. The van der Waals surface area contributed by atoms with Gasteiger partial charge in [-0.15, -0.1) is 0 Å². The summed E-state index contributed by atoms with van der Waals surface area (Å²) in [5.41, 5.74) is 10.8. The number of hydrogen-bond donors (Lipinski definition) is 0. The Hall–Kier alpha value is -6.58. The molecule has 10 aromatic rings. The number of aromatic nitrogens is 1. The van der Waals surface area contributed by atoms with Gasteiger partial charge in [0, 0.05) is 44.0 Å². The molecule has 0 amide bonds. The third-order valence-electron chi connectivity index (χ3n) is 9.75. The molecule has 0 aliphatic carbocycles. The van der Waals surface area contributed by atoms with E-state index in [0.717, 1.165) is 50.1 Å². The molecule has 2 aromatic heterocycles. The highest BCUT2D eigenvalue weighted by Crippen LogP contribution is 2.47. The van der Waals surface area contributed by atoms with Crippen LogP contribution in [0.5, 0.6) is 0 Å². The fraction of sp³-hybridized carbons (Fsp3) is 0. The van der Waals surface area contributed by atoms with Gasteiger partial charge in [-0.1, -0.05) is 121 Å². The Morgan fingerprint density at radius 2 is 1.02 bits per heavy atom. The van der Waals surface area contributed by atoms with Crippen LogP contribution in [0.3, 0.4) is 0 Å². The smallest absolute Gasteiger partial charge is 0.160 e. The van der Waals surface area contributed by atoms with E-state index in [-0.39, 0.29) is 0 Å². The molecule has 0 saturated carbocycles. The standard InChI is InChI=1S/C46H30N2O/c1-3-13-31(14-4-1)32-23-25-35(26-24-32)47(45-37-18-8-7-15-33(37)29-41-39-20-10-12-22-44(39)49-46(41)45)36-27-28-43-40(30-36)38-19-9-11-21-42(38)48(43)34-16-5-2-6-17-34/h1-30H. The highest BCUT2D eigenvalue weighted by atomic mass is 16.3. The van der Waals surface area contributed by atoms with Gasteiger partial charge in [0.2, 0.25) is 0 Å². The zero-order chi connectivity index (χ0) is 32.3. The summed E-state index contributed by atoms with van der Waals surface area (Å²) < 4.78 is 9.15. The van der Waals surface area contributed by atoms with E-state index >= 15 is 0 Å². The molecule has 8 aromatic carbocycles. The molecule has 49 heavy (non-hydrogen) atoms. The van der Waals surface area contributed by atoms with E-state index in [2.05, 4.69) is 185 Å². The summed E-state index contributed by atoms with van der Waals surface area (Å²) in [6.07, 6.45) is 0. The first-order valence-electron chi connectivity index (χ1n) is 16.7. The largest absolute Gasteiger partial charge is 0.454 e. The summed E-state index contributed by atoms with van der Waals surface area (Å²) in [7, 11) is 0. The Morgan fingerprint density at radius 3 is 1.84 bits per heavy atom. The Bertz CT molecular complexity index is 2810. The van der Waals surface area contributed by atoms with Crippen molar-refractivity contribution in [3.05, 3.63) is 182 Å². The predicted molar refractivity (Wildman–Crippen MR) is 206 cm³/mol. The molecule has 3 heteroatoms. The summed E-state index contributed by atoms with van der Waals surface area (Å²) in [5.74, 6) is 0. The van der Waals surface area contributed by atoms with Gasteiger partial charge in [0.15, 0.2) is 5.58 Å². The SMILES string of the molecule is c1ccc(-c2ccc(N(c3ccc4c(c3)c3ccccc3n4-c3ccccc3)c3c4ccccc4cc4c3oc3ccccc34)cc2)cc1. The zero-order valence-electron chi connectivity index (χ0n) is 26.6. The topological polar surface area (TPSA) is 21.3 Å². The maximum atomic E-state index is 6.78. The van der Waals surface area contributed by atoms with Gasteiger partial charge in [0.1, 0.15) is 5.58 Å². The van der Waals surface area contributed by atoms with Crippen LogP contribution >= 0.6 is 0 Å². The van der Waals surface area contributed by atoms with Gasteiger partial charge in [-0.05, 0) is 77.2 Å². The van der Waals surface area contributed by atoms with Gasteiger partial charge in [-0.3, -0.25) is 0 Å². The second-order valence-electron chi connectivity index (χ2n) is 12.6. The molecule has 10 rings (SSSR count). The number of benzene rings is 8. The molecule has 0 N–H and O–H groups in total. The molecule has 0 aliphatic heterocycles. The molecule has 0 radical (unpaired) electrons. The number of fused-ring (bicyclic) bond motifs is 7. The van der Waals surface area contributed by atoms with Crippen LogP contribution in [-0.4, -0.2) is 4.57 Å². The first-order chi connectivity index (χ1) is 24.3. The lowest BCUT2D eigenvalue weighted by Crippen LogP contribution is -2.11. The van der Waals surface area contributed by atoms with Crippen molar-refractivity contribution in [2.75, 3.05) is 4.90 Å². The first kappa shape index (κ1) is 27.5. The van der Waals surface area contributed by atoms with E-state index in [1.807, 2.05) is 6.07 Å². The van der Waals surface area contributed by atoms with Crippen molar-refractivity contribution >= 4 is 71.6 Å². The molecular formula is C46H30N2O. The van der Waals surface area contributed by atoms with Gasteiger partial charge in [0.25, 0.3) is 0 Å². The zero-order valence-corrected chi connectivity index (χ0v) is 26.6. The van der Waals surface area contributed by atoms with Crippen LogP contribution < -0.4 is 4.90 Å². The highest BCUT2D eigenvalue weighted by molar-refractivity contribution is 6.20. The van der Waals surface area contributed by atoms with Crippen molar-refractivity contribution in [1.82, 2.24) is 4.57 Å². The molecule has 2 heterocycles. The van der Waals surface area contributed by atoms with Crippen LogP contribution in [0.25, 0.3) is 71.3 Å². The van der Waals surface area contributed by atoms with Crippen LogP contribution in [-0.2, 0) is 0 Å². The molecule has 0 bridgehead atoms. The molecule has 230 valence electrons. The van der Waals surface area contributed by atoms with Crippen LogP contribution in [0.4, 0.5) is 17.1 Å². The van der Waals surface area contributed by atoms with E-state index in [1.165, 1.54) is 38.3 Å². The summed E-state index contributed by atoms with van der Waals surface area (Å²) in [4.78, 5) is 2.38. The van der Waals surface area contributed by atoms with Crippen molar-refractivity contribution in [1.29, 1.82) is 0 Å². The predicted octanol–water partition coefficient (Wildman–Crippen LogP) is 13.0. The van der Waals surface area contributed by atoms with Gasteiger partial charge < -0.3 is 13.9 Å². The number of hydrogen-bond acceptors (Lipinski definition) is 2. The normalized spacial score (nSPS) is 11.7. The minimum Gasteiger partial charge on any atom is -0.454 e. The third-order valence-corrected chi connectivity index (χ3v) is 9.75.